The molecule has 8 heteroatoms. The van der Waals surface area contributed by atoms with Gasteiger partial charge in [-0.25, -0.2) is 21.9 Å². The van der Waals surface area contributed by atoms with Gasteiger partial charge in [0.25, 0.3) is 0 Å². The number of alkyl halides is 1. The minimum atomic E-state index is -3.77. The number of hydrogen-bond acceptors (Lipinski definition) is 3. The number of aliphatic carboxylic acids is 1. The Morgan fingerprint density at radius 3 is 2.58 bits per heavy atom. The molecule has 26 heavy (non-hydrogen) atoms. The van der Waals surface area contributed by atoms with E-state index in [4.69, 9.17) is 5.11 Å². The fourth-order valence-electron chi connectivity index (χ4n) is 3.18. The predicted octanol–water partition coefficient (Wildman–Crippen LogP) is 3.28. The van der Waals surface area contributed by atoms with Gasteiger partial charge in [-0.3, -0.25) is 4.79 Å². The van der Waals surface area contributed by atoms with Crippen molar-refractivity contribution in [2.75, 3.05) is 6.54 Å². The first kappa shape index (κ1) is 20.5. The van der Waals surface area contributed by atoms with Crippen LogP contribution in [0.4, 0.5) is 8.78 Å². The summed E-state index contributed by atoms with van der Waals surface area (Å²) < 4.78 is 54.0. The molecule has 0 bridgehead atoms. The lowest BCUT2D eigenvalue weighted by Crippen LogP contribution is -2.32. The first-order valence-electron chi connectivity index (χ1n) is 8.55. The Labute approximate surface area is 152 Å². The highest BCUT2D eigenvalue weighted by Gasteiger charge is 2.35. The van der Waals surface area contributed by atoms with Crippen LogP contribution in [0.1, 0.15) is 32.1 Å². The van der Waals surface area contributed by atoms with E-state index in [0.29, 0.717) is 25.7 Å². The second kappa shape index (κ2) is 9.23. The summed E-state index contributed by atoms with van der Waals surface area (Å²) in [6, 6.07) is 4.53. The average Bonchev–Trinajstić information content (AvgIpc) is 2.93. The Kier molecular flexibility index (Phi) is 7.28. The van der Waals surface area contributed by atoms with Gasteiger partial charge in [0.15, 0.2) is 0 Å². The van der Waals surface area contributed by atoms with E-state index in [0.717, 1.165) is 12.1 Å². The molecule has 0 radical (unpaired) electrons. The van der Waals surface area contributed by atoms with Crippen LogP contribution in [0.15, 0.2) is 41.3 Å². The number of hydrogen-bond donors (Lipinski definition) is 2. The van der Waals surface area contributed by atoms with Gasteiger partial charge in [0, 0.05) is 13.0 Å². The van der Waals surface area contributed by atoms with Crippen LogP contribution in [0.25, 0.3) is 0 Å². The number of sulfonamides is 1. The monoisotopic (exact) mass is 387 g/mol. The first-order valence-corrected chi connectivity index (χ1v) is 10.0. The Bertz CT molecular complexity index is 734. The summed E-state index contributed by atoms with van der Waals surface area (Å²) in [6.45, 7) is 0.119. The molecule has 1 fully saturated rings. The smallest absolute Gasteiger partial charge is 0.303 e. The van der Waals surface area contributed by atoms with Gasteiger partial charge >= 0.3 is 5.97 Å². The standard InChI is InChI=1S/C18H23F2NO4S/c19-14-7-9-15(10-8-14)26(24,25)21-12-13-6-11-17(20)16(13)4-2-1-3-5-18(22)23/h1-2,7-10,13,16-17,21H,3-6,11-12H2,(H,22,23)/b2-1-/t13-,16-,17-/m1/s1. The van der Waals surface area contributed by atoms with E-state index in [1.807, 2.05) is 0 Å². The van der Waals surface area contributed by atoms with Gasteiger partial charge in [-0.15, -0.1) is 0 Å². The molecule has 0 aromatic heterocycles. The molecule has 3 atom stereocenters. The van der Waals surface area contributed by atoms with Crippen molar-refractivity contribution in [2.24, 2.45) is 11.8 Å². The molecule has 1 aliphatic rings. The second-order valence-electron chi connectivity index (χ2n) is 6.46. The van der Waals surface area contributed by atoms with Gasteiger partial charge in [-0.2, -0.15) is 0 Å². The van der Waals surface area contributed by atoms with Gasteiger partial charge in [-0.05, 0) is 61.8 Å². The number of allylic oxidation sites excluding steroid dienone is 2. The quantitative estimate of drug-likeness (QED) is 0.637. The zero-order valence-electron chi connectivity index (χ0n) is 14.3. The number of halogens is 2. The van der Waals surface area contributed by atoms with Crippen LogP contribution < -0.4 is 4.72 Å². The summed E-state index contributed by atoms with van der Waals surface area (Å²) in [5.74, 6) is -1.84. The van der Waals surface area contributed by atoms with E-state index >= 15 is 0 Å². The Morgan fingerprint density at radius 1 is 1.23 bits per heavy atom. The number of carboxylic acids is 1. The van der Waals surface area contributed by atoms with E-state index in [1.165, 1.54) is 12.1 Å². The predicted molar refractivity (Wildman–Crippen MR) is 93.3 cm³/mol. The molecule has 2 N–H and O–H groups in total. The lowest BCUT2D eigenvalue weighted by atomic mass is 9.92. The third-order valence-electron chi connectivity index (χ3n) is 4.64. The normalized spacial score (nSPS) is 23.5. The molecule has 0 heterocycles. The third-order valence-corrected chi connectivity index (χ3v) is 6.08. The highest BCUT2D eigenvalue weighted by Crippen LogP contribution is 2.36. The minimum absolute atomic E-state index is 0.0289. The number of benzene rings is 1. The van der Waals surface area contributed by atoms with Crippen LogP contribution in [-0.4, -0.2) is 32.2 Å². The minimum Gasteiger partial charge on any atom is -0.481 e. The lowest BCUT2D eigenvalue weighted by molar-refractivity contribution is -0.136. The fourth-order valence-corrected chi connectivity index (χ4v) is 4.28. The summed E-state index contributed by atoms with van der Waals surface area (Å²) in [6.07, 6.45) is 4.33. The zero-order chi connectivity index (χ0) is 19.2. The summed E-state index contributed by atoms with van der Waals surface area (Å²) in [4.78, 5) is 10.4. The Balaban J connectivity index is 1.90. The molecule has 1 aliphatic carbocycles. The molecule has 0 unspecified atom stereocenters. The van der Waals surface area contributed by atoms with E-state index in [2.05, 4.69) is 4.72 Å². The molecule has 0 amide bonds. The van der Waals surface area contributed by atoms with Crippen LogP contribution in [0.5, 0.6) is 0 Å². The molecule has 2 rings (SSSR count). The second-order valence-corrected chi connectivity index (χ2v) is 8.23. The van der Waals surface area contributed by atoms with Crippen molar-refractivity contribution in [3.63, 3.8) is 0 Å². The van der Waals surface area contributed by atoms with E-state index < -0.39 is 28.0 Å². The molecule has 5 nitrogen and oxygen atoms in total. The molecule has 1 aromatic carbocycles. The molecule has 0 spiro atoms. The van der Waals surface area contributed by atoms with E-state index in [-0.39, 0.29) is 29.7 Å². The SMILES string of the molecule is O=C(O)CC/C=C\C[C@@H]1[C@@H](CNS(=O)(=O)c2ccc(F)cc2)CC[C@H]1F. The topological polar surface area (TPSA) is 83.5 Å². The van der Waals surface area contributed by atoms with Gasteiger partial charge in [-0.1, -0.05) is 12.2 Å². The summed E-state index contributed by atoms with van der Waals surface area (Å²) in [5, 5.41) is 8.58. The van der Waals surface area contributed by atoms with Crippen molar-refractivity contribution < 1.29 is 27.1 Å². The summed E-state index contributed by atoms with van der Waals surface area (Å²) >= 11 is 0. The van der Waals surface area contributed by atoms with Crippen molar-refractivity contribution in [3.05, 3.63) is 42.2 Å². The summed E-state index contributed by atoms with van der Waals surface area (Å²) in [7, 11) is -3.77. The van der Waals surface area contributed by atoms with Crippen LogP contribution in [0.3, 0.4) is 0 Å². The van der Waals surface area contributed by atoms with Crippen molar-refractivity contribution in [1.29, 1.82) is 0 Å². The molecular formula is C18H23F2NO4S. The summed E-state index contributed by atoms with van der Waals surface area (Å²) in [5.41, 5.74) is 0. The van der Waals surface area contributed by atoms with Gasteiger partial charge in [0.05, 0.1) is 4.90 Å². The average molecular weight is 387 g/mol. The zero-order valence-corrected chi connectivity index (χ0v) is 15.1. The van der Waals surface area contributed by atoms with Gasteiger partial charge in [0.1, 0.15) is 12.0 Å². The molecule has 1 aromatic rings. The molecule has 0 saturated heterocycles. The number of rotatable bonds is 9. The molecule has 1 saturated carbocycles. The lowest BCUT2D eigenvalue weighted by Gasteiger charge is -2.20. The maximum atomic E-state index is 14.1. The van der Waals surface area contributed by atoms with Crippen molar-refractivity contribution in [1.82, 2.24) is 4.72 Å². The maximum Gasteiger partial charge on any atom is 0.303 e. The van der Waals surface area contributed by atoms with E-state index in [9.17, 15) is 22.0 Å². The number of carboxylic acid groups (broad SMARTS) is 1. The fraction of sp³-hybridized carbons (Fsp3) is 0.500. The maximum absolute atomic E-state index is 14.1. The van der Waals surface area contributed by atoms with E-state index in [1.54, 1.807) is 12.2 Å². The van der Waals surface area contributed by atoms with Crippen molar-refractivity contribution in [3.8, 4) is 0 Å². The third kappa shape index (κ3) is 5.88. The van der Waals surface area contributed by atoms with Crippen molar-refractivity contribution in [2.45, 2.75) is 43.2 Å². The highest BCUT2D eigenvalue weighted by molar-refractivity contribution is 7.89. The molecule has 0 aliphatic heterocycles. The first-order chi connectivity index (χ1) is 12.3. The van der Waals surface area contributed by atoms with Crippen molar-refractivity contribution >= 4 is 16.0 Å². The van der Waals surface area contributed by atoms with Crippen LogP contribution in [0.2, 0.25) is 0 Å². The van der Waals surface area contributed by atoms with Crippen LogP contribution in [0, 0.1) is 17.7 Å². The van der Waals surface area contributed by atoms with Crippen LogP contribution >= 0.6 is 0 Å². The Hall–Kier alpha value is -1.80. The molecular weight excluding hydrogens is 364 g/mol. The number of nitrogens with one attached hydrogen (secondary N) is 1. The van der Waals surface area contributed by atoms with Crippen LogP contribution in [-0.2, 0) is 14.8 Å². The van der Waals surface area contributed by atoms with Gasteiger partial charge < -0.3 is 5.11 Å². The van der Waals surface area contributed by atoms with Gasteiger partial charge in [0.2, 0.25) is 10.0 Å². The highest BCUT2D eigenvalue weighted by atomic mass is 32.2. The molecule has 144 valence electrons. The largest absolute Gasteiger partial charge is 0.481 e. The Morgan fingerprint density at radius 2 is 1.92 bits per heavy atom. The number of carbonyl (C=O) groups is 1.